The minimum absolute atomic E-state index is 0.0773. The number of hydrogen-bond acceptors (Lipinski definition) is 7. The smallest absolute Gasteiger partial charge is 0.333 e. The maximum absolute atomic E-state index is 13.0. The summed E-state index contributed by atoms with van der Waals surface area (Å²) in [5, 5.41) is 10.3. The number of esters is 2. The SMILES string of the molecule is C/C=C(/C)C(=O)O[C@H]1CC[C@@H]2C[C@]3(OC)O[C@H](O)C(C)=C3[C@@H]3OC(=O)[C@@H]1[C@]23C. The summed E-state index contributed by atoms with van der Waals surface area (Å²) in [4.78, 5) is 25.3. The highest BCUT2D eigenvalue weighted by Gasteiger charge is 2.71. The molecule has 0 radical (unpaired) electrons. The fraction of sp³-hybridized carbons (Fsp3) is 0.714. The van der Waals surface area contributed by atoms with Crippen LogP contribution in [0.1, 0.15) is 47.0 Å². The van der Waals surface area contributed by atoms with Crippen LogP contribution in [0.2, 0.25) is 0 Å². The summed E-state index contributed by atoms with van der Waals surface area (Å²) in [6.07, 6.45) is 1.39. The molecule has 1 saturated heterocycles. The summed E-state index contributed by atoms with van der Waals surface area (Å²) < 4.78 is 23.1. The Morgan fingerprint density at radius 3 is 2.71 bits per heavy atom. The molecule has 2 aliphatic carbocycles. The van der Waals surface area contributed by atoms with E-state index in [2.05, 4.69) is 0 Å². The molecule has 28 heavy (non-hydrogen) atoms. The van der Waals surface area contributed by atoms with Gasteiger partial charge in [0.2, 0.25) is 0 Å². The molecule has 154 valence electrons. The van der Waals surface area contributed by atoms with Crippen LogP contribution in [0.15, 0.2) is 22.8 Å². The van der Waals surface area contributed by atoms with Crippen LogP contribution in [-0.4, -0.2) is 48.4 Å². The molecule has 2 heterocycles. The predicted molar refractivity (Wildman–Crippen MR) is 97.7 cm³/mol. The second-order valence-electron chi connectivity index (χ2n) is 8.58. The number of ether oxygens (including phenoxy) is 4. The molecular formula is C21H28O7. The van der Waals surface area contributed by atoms with Crippen molar-refractivity contribution in [1.82, 2.24) is 0 Å². The molecule has 7 atom stereocenters. The maximum atomic E-state index is 13.0. The minimum atomic E-state index is -1.08. The third-order valence-corrected chi connectivity index (χ3v) is 7.40. The van der Waals surface area contributed by atoms with Crippen LogP contribution in [0.5, 0.6) is 0 Å². The summed E-state index contributed by atoms with van der Waals surface area (Å²) in [6, 6.07) is 0. The van der Waals surface area contributed by atoms with Crippen molar-refractivity contribution in [2.75, 3.05) is 7.11 Å². The van der Waals surface area contributed by atoms with Crippen molar-refractivity contribution in [2.24, 2.45) is 17.3 Å². The summed E-state index contributed by atoms with van der Waals surface area (Å²) in [5.41, 5.74) is 1.30. The molecule has 4 aliphatic rings. The lowest BCUT2D eigenvalue weighted by Gasteiger charge is -2.53. The Kier molecular flexibility index (Phi) is 4.48. The monoisotopic (exact) mass is 392 g/mol. The molecule has 7 heteroatoms. The Hall–Kier alpha value is -1.70. The van der Waals surface area contributed by atoms with Crippen molar-refractivity contribution in [3.63, 3.8) is 0 Å². The topological polar surface area (TPSA) is 91.3 Å². The fourth-order valence-electron chi connectivity index (χ4n) is 5.66. The van der Waals surface area contributed by atoms with E-state index in [1.54, 1.807) is 34.0 Å². The molecule has 0 bridgehead atoms. The zero-order valence-corrected chi connectivity index (χ0v) is 17.0. The van der Waals surface area contributed by atoms with Crippen LogP contribution in [0.25, 0.3) is 0 Å². The van der Waals surface area contributed by atoms with Gasteiger partial charge in [0, 0.05) is 30.1 Å². The normalized spacial score (nSPS) is 44.9. The summed E-state index contributed by atoms with van der Waals surface area (Å²) in [6.45, 7) is 7.29. The zero-order chi connectivity index (χ0) is 20.4. The second kappa shape index (κ2) is 6.40. The van der Waals surface area contributed by atoms with Gasteiger partial charge in [-0.3, -0.25) is 4.79 Å². The number of carbonyl (C=O) groups is 2. The van der Waals surface area contributed by atoms with Gasteiger partial charge in [-0.2, -0.15) is 0 Å². The molecule has 0 unspecified atom stereocenters. The Morgan fingerprint density at radius 1 is 1.36 bits per heavy atom. The van der Waals surface area contributed by atoms with Gasteiger partial charge in [0.1, 0.15) is 18.1 Å². The lowest BCUT2D eigenvalue weighted by atomic mass is 9.52. The van der Waals surface area contributed by atoms with E-state index in [0.717, 1.165) is 6.42 Å². The van der Waals surface area contributed by atoms with Gasteiger partial charge in [0.05, 0.1) is 0 Å². The van der Waals surface area contributed by atoms with Crippen molar-refractivity contribution in [1.29, 1.82) is 0 Å². The molecule has 0 amide bonds. The van der Waals surface area contributed by atoms with E-state index < -0.39 is 41.6 Å². The Labute approximate surface area is 164 Å². The lowest BCUT2D eigenvalue weighted by molar-refractivity contribution is -0.272. The first kappa shape index (κ1) is 19.6. The van der Waals surface area contributed by atoms with E-state index in [-0.39, 0.29) is 11.9 Å². The Morgan fingerprint density at radius 2 is 2.07 bits per heavy atom. The molecule has 4 rings (SSSR count). The van der Waals surface area contributed by atoms with Crippen molar-refractivity contribution < 1.29 is 33.6 Å². The lowest BCUT2D eigenvalue weighted by Crippen LogP contribution is -2.59. The van der Waals surface area contributed by atoms with E-state index in [0.29, 0.717) is 29.6 Å². The number of methoxy groups -OCH3 is 1. The number of allylic oxidation sites excluding steroid dienone is 1. The van der Waals surface area contributed by atoms with Gasteiger partial charge in [0.15, 0.2) is 12.1 Å². The van der Waals surface area contributed by atoms with E-state index in [4.69, 9.17) is 18.9 Å². The van der Waals surface area contributed by atoms with Crippen molar-refractivity contribution >= 4 is 11.9 Å². The zero-order valence-electron chi connectivity index (χ0n) is 17.0. The van der Waals surface area contributed by atoms with Gasteiger partial charge >= 0.3 is 11.9 Å². The quantitative estimate of drug-likeness (QED) is 0.447. The van der Waals surface area contributed by atoms with Gasteiger partial charge in [0.25, 0.3) is 0 Å². The summed E-state index contributed by atoms with van der Waals surface area (Å²) in [5.74, 6) is -2.30. The Balaban J connectivity index is 1.74. The van der Waals surface area contributed by atoms with E-state index in [1.807, 2.05) is 6.92 Å². The first-order valence-corrected chi connectivity index (χ1v) is 9.86. The first-order valence-electron chi connectivity index (χ1n) is 9.86. The molecule has 0 aromatic heterocycles. The van der Waals surface area contributed by atoms with Crippen LogP contribution >= 0.6 is 0 Å². The largest absolute Gasteiger partial charge is 0.458 e. The molecule has 0 aromatic rings. The van der Waals surface area contributed by atoms with Crippen molar-refractivity contribution in [2.45, 2.75) is 71.2 Å². The summed E-state index contributed by atoms with van der Waals surface area (Å²) in [7, 11) is 1.55. The number of aliphatic hydroxyl groups excluding tert-OH is 1. The minimum Gasteiger partial charge on any atom is -0.458 e. The Bertz CT molecular complexity index is 784. The van der Waals surface area contributed by atoms with E-state index in [1.165, 1.54) is 0 Å². The predicted octanol–water partition coefficient (Wildman–Crippen LogP) is 2.23. The third kappa shape index (κ3) is 2.39. The average Bonchev–Trinajstić information content (AvgIpc) is 3.08. The van der Waals surface area contributed by atoms with Crippen LogP contribution < -0.4 is 0 Å². The van der Waals surface area contributed by atoms with Gasteiger partial charge in [-0.1, -0.05) is 13.0 Å². The highest BCUT2D eigenvalue weighted by atomic mass is 16.7. The highest BCUT2D eigenvalue weighted by Crippen LogP contribution is 2.64. The van der Waals surface area contributed by atoms with E-state index in [9.17, 15) is 14.7 Å². The fourth-order valence-corrected chi connectivity index (χ4v) is 5.66. The number of aliphatic hydroxyl groups is 1. The van der Waals surface area contributed by atoms with Crippen molar-refractivity contribution in [3.8, 4) is 0 Å². The van der Waals surface area contributed by atoms with Gasteiger partial charge in [-0.05, 0) is 45.1 Å². The van der Waals surface area contributed by atoms with Gasteiger partial charge in [-0.15, -0.1) is 0 Å². The molecule has 0 spiro atoms. The molecular weight excluding hydrogens is 364 g/mol. The van der Waals surface area contributed by atoms with Crippen LogP contribution in [0, 0.1) is 17.3 Å². The van der Waals surface area contributed by atoms with Gasteiger partial charge < -0.3 is 24.1 Å². The average molecular weight is 392 g/mol. The molecule has 2 saturated carbocycles. The van der Waals surface area contributed by atoms with Gasteiger partial charge in [-0.25, -0.2) is 4.79 Å². The molecule has 1 N–H and O–H groups in total. The highest BCUT2D eigenvalue weighted by molar-refractivity contribution is 5.88. The number of hydrogen-bond donors (Lipinski definition) is 1. The molecule has 7 nitrogen and oxygen atoms in total. The third-order valence-electron chi connectivity index (χ3n) is 7.40. The van der Waals surface area contributed by atoms with Crippen LogP contribution in [-0.2, 0) is 28.5 Å². The standard InChI is InChI=1S/C21H28O7/c1-6-10(2)17(22)26-13-8-7-12-9-21(25-5)14(11(3)18(23)28-21)16-20(12,4)15(13)19(24)27-16/h6,12-13,15-16,18,23H,7-9H2,1-5H3/b10-6-/t12-,13+,15-,16+,18+,20+,21+/m1/s1. The number of carbonyl (C=O) groups excluding carboxylic acids is 2. The van der Waals surface area contributed by atoms with Crippen LogP contribution in [0.4, 0.5) is 0 Å². The van der Waals surface area contributed by atoms with Crippen molar-refractivity contribution in [3.05, 3.63) is 22.8 Å². The maximum Gasteiger partial charge on any atom is 0.333 e. The first-order chi connectivity index (χ1) is 13.2. The molecule has 3 fully saturated rings. The second-order valence-corrected chi connectivity index (χ2v) is 8.58. The molecule has 2 aliphatic heterocycles. The number of rotatable bonds is 3. The summed E-state index contributed by atoms with van der Waals surface area (Å²) >= 11 is 0. The molecule has 0 aromatic carbocycles. The van der Waals surface area contributed by atoms with Crippen LogP contribution in [0.3, 0.4) is 0 Å². The number of fused-ring (bicyclic) bond motifs is 2. The van der Waals surface area contributed by atoms with E-state index >= 15 is 0 Å².